The topological polar surface area (TPSA) is 137 Å². The van der Waals surface area contributed by atoms with Gasteiger partial charge in [-0.1, -0.05) is 6.58 Å². The van der Waals surface area contributed by atoms with Crippen molar-refractivity contribution in [2.75, 3.05) is 45.8 Å². The highest BCUT2D eigenvalue weighted by atomic mass is 16.2. The third-order valence-corrected chi connectivity index (χ3v) is 3.21. The Kier molecular flexibility index (Phi) is 12.8. The highest BCUT2D eigenvalue weighted by molar-refractivity contribution is 5.86. The van der Waals surface area contributed by atoms with Crippen molar-refractivity contribution in [1.82, 2.24) is 15.5 Å². The summed E-state index contributed by atoms with van der Waals surface area (Å²) in [5.74, 6) is -0.269. The van der Waals surface area contributed by atoms with E-state index < -0.39 is 0 Å². The van der Waals surface area contributed by atoms with E-state index in [-0.39, 0.29) is 11.8 Å². The van der Waals surface area contributed by atoms with Crippen LogP contribution in [0.15, 0.2) is 12.7 Å². The highest BCUT2D eigenvalue weighted by Gasteiger charge is 2.09. The maximum Gasteiger partial charge on any atom is 0.243 e. The van der Waals surface area contributed by atoms with Gasteiger partial charge >= 0.3 is 0 Å². The van der Waals surface area contributed by atoms with E-state index in [1.54, 1.807) is 0 Å². The van der Waals surface area contributed by atoms with Crippen LogP contribution in [-0.4, -0.2) is 68.2 Å². The van der Waals surface area contributed by atoms with Crippen molar-refractivity contribution in [3.8, 4) is 0 Å². The van der Waals surface area contributed by atoms with Gasteiger partial charge in [-0.15, -0.1) is 0 Å². The molecule has 8 nitrogen and oxygen atoms in total. The molecule has 0 aromatic heterocycles. The largest absolute Gasteiger partial charge is 0.355 e. The van der Waals surface area contributed by atoms with E-state index in [1.165, 1.54) is 6.08 Å². The summed E-state index contributed by atoms with van der Waals surface area (Å²) in [5, 5.41) is 13.2. The van der Waals surface area contributed by atoms with Gasteiger partial charge in [0.15, 0.2) is 0 Å². The summed E-state index contributed by atoms with van der Waals surface area (Å²) in [7, 11) is 0. The van der Waals surface area contributed by atoms with E-state index in [1.807, 2.05) is 0 Å². The average molecular weight is 326 g/mol. The van der Waals surface area contributed by atoms with Crippen LogP contribution < -0.4 is 22.1 Å². The van der Waals surface area contributed by atoms with E-state index >= 15 is 0 Å². The van der Waals surface area contributed by atoms with Gasteiger partial charge < -0.3 is 32.4 Å². The first-order valence-corrected chi connectivity index (χ1v) is 7.89. The summed E-state index contributed by atoms with van der Waals surface area (Å²) in [6.45, 7) is 7.06. The SMILES string of the molecule is C=CC(=O)NCCN(CCC(=N)CCN)CCC(=O)NCCN. The molecule has 23 heavy (non-hydrogen) atoms. The fourth-order valence-corrected chi connectivity index (χ4v) is 1.90. The molecule has 8 heteroatoms. The molecule has 0 unspecified atom stereocenters. The van der Waals surface area contributed by atoms with Gasteiger partial charge in [-0.3, -0.25) is 9.59 Å². The predicted octanol–water partition coefficient (Wildman–Crippen LogP) is -1.19. The Bertz CT molecular complexity index is 386. The number of hydrogen-bond acceptors (Lipinski definition) is 6. The zero-order valence-corrected chi connectivity index (χ0v) is 13.8. The molecule has 2 amide bonds. The summed E-state index contributed by atoms with van der Waals surface area (Å²) in [5.41, 5.74) is 11.4. The van der Waals surface area contributed by atoms with Crippen LogP contribution in [0.25, 0.3) is 0 Å². The average Bonchev–Trinajstić information content (AvgIpc) is 2.54. The Morgan fingerprint density at radius 2 is 1.70 bits per heavy atom. The molecule has 0 saturated heterocycles. The molecule has 0 radical (unpaired) electrons. The van der Waals surface area contributed by atoms with Crippen LogP contribution in [0.4, 0.5) is 0 Å². The predicted molar refractivity (Wildman–Crippen MR) is 92.3 cm³/mol. The Morgan fingerprint density at radius 1 is 1.00 bits per heavy atom. The lowest BCUT2D eigenvalue weighted by molar-refractivity contribution is -0.121. The second-order valence-corrected chi connectivity index (χ2v) is 5.12. The molecule has 132 valence electrons. The molecule has 0 aromatic rings. The van der Waals surface area contributed by atoms with Gasteiger partial charge in [-0.25, -0.2) is 0 Å². The van der Waals surface area contributed by atoms with Crippen LogP contribution in [-0.2, 0) is 9.59 Å². The van der Waals surface area contributed by atoms with Gasteiger partial charge in [0.05, 0.1) is 0 Å². The molecular weight excluding hydrogens is 296 g/mol. The lowest BCUT2D eigenvalue weighted by atomic mass is 10.2. The molecule has 0 saturated carbocycles. The standard InChI is InChI=1S/C15H30N6O2/c1-2-14(22)20-9-12-21(10-4-13(18)3-6-16)11-5-15(23)19-8-7-17/h2,18H,1,3-12,16-17H2,(H,19,23)(H,20,22). The van der Waals surface area contributed by atoms with E-state index in [2.05, 4.69) is 22.1 Å². The van der Waals surface area contributed by atoms with Gasteiger partial charge in [0.1, 0.15) is 0 Å². The maximum atomic E-state index is 11.6. The van der Waals surface area contributed by atoms with Crippen molar-refractivity contribution in [2.45, 2.75) is 19.3 Å². The Balaban J connectivity index is 4.24. The second-order valence-electron chi connectivity index (χ2n) is 5.12. The van der Waals surface area contributed by atoms with Crippen LogP contribution in [0.2, 0.25) is 0 Å². The first-order valence-electron chi connectivity index (χ1n) is 7.89. The van der Waals surface area contributed by atoms with E-state index in [4.69, 9.17) is 16.9 Å². The normalized spacial score (nSPS) is 10.4. The molecule has 0 aliphatic carbocycles. The summed E-state index contributed by atoms with van der Waals surface area (Å²) in [6.07, 6.45) is 2.77. The summed E-state index contributed by atoms with van der Waals surface area (Å²) >= 11 is 0. The van der Waals surface area contributed by atoms with E-state index in [0.717, 1.165) is 0 Å². The number of amides is 2. The molecule has 0 fully saturated rings. The van der Waals surface area contributed by atoms with Crippen LogP contribution in [0, 0.1) is 5.41 Å². The highest BCUT2D eigenvalue weighted by Crippen LogP contribution is 1.97. The fourth-order valence-electron chi connectivity index (χ4n) is 1.90. The number of carbonyl (C=O) groups excluding carboxylic acids is 2. The molecule has 0 aliphatic heterocycles. The maximum absolute atomic E-state index is 11.6. The molecule has 0 aromatic carbocycles. The van der Waals surface area contributed by atoms with Crippen molar-refractivity contribution in [3.05, 3.63) is 12.7 Å². The third kappa shape index (κ3) is 12.5. The van der Waals surface area contributed by atoms with Crippen molar-refractivity contribution >= 4 is 17.5 Å². The van der Waals surface area contributed by atoms with Crippen molar-refractivity contribution in [1.29, 1.82) is 5.41 Å². The molecule has 0 aliphatic rings. The third-order valence-electron chi connectivity index (χ3n) is 3.21. The minimum atomic E-state index is -0.221. The van der Waals surface area contributed by atoms with Crippen LogP contribution >= 0.6 is 0 Å². The first kappa shape index (κ1) is 21.2. The molecule has 0 bridgehead atoms. The minimum absolute atomic E-state index is 0.0485. The number of carbonyl (C=O) groups is 2. The van der Waals surface area contributed by atoms with Gasteiger partial charge in [-0.2, -0.15) is 0 Å². The van der Waals surface area contributed by atoms with E-state index in [9.17, 15) is 9.59 Å². The molecule has 0 rings (SSSR count). The van der Waals surface area contributed by atoms with Crippen LogP contribution in [0.5, 0.6) is 0 Å². The molecule has 0 spiro atoms. The van der Waals surface area contributed by atoms with Crippen LogP contribution in [0.3, 0.4) is 0 Å². The monoisotopic (exact) mass is 326 g/mol. The van der Waals surface area contributed by atoms with Gasteiger partial charge in [0, 0.05) is 51.4 Å². The fraction of sp³-hybridized carbons (Fsp3) is 0.667. The molecular formula is C15H30N6O2. The lowest BCUT2D eigenvalue weighted by Gasteiger charge is -2.22. The van der Waals surface area contributed by atoms with Crippen molar-refractivity contribution < 1.29 is 9.59 Å². The number of nitrogens with zero attached hydrogens (tertiary/aromatic N) is 1. The van der Waals surface area contributed by atoms with Crippen molar-refractivity contribution in [3.63, 3.8) is 0 Å². The Hall–Kier alpha value is -1.77. The van der Waals surface area contributed by atoms with E-state index in [0.29, 0.717) is 70.8 Å². The second kappa shape index (κ2) is 13.9. The number of nitrogens with one attached hydrogen (secondary N) is 3. The molecule has 0 atom stereocenters. The molecule has 0 heterocycles. The van der Waals surface area contributed by atoms with Crippen molar-refractivity contribution in [2.24, 2.45) is 11.5 Å². The Labute approximate surface area is 138 Å². The smallest absolute Gasteiger partial charge is 0.243 e. The summed E-state index contributed by atoms with van der Waals surface area (Å²) < 4.78 is 0. The first-order chi connectivity index (χ1) is 11.0. The number of nitrogens with two attached hydrogens (primary N) is 2. The quantitative estimate of drug-likeness (QED) is 0.202. The van der Waals surface area contributed by atoms with Crippen LogP contribution in [0.1, 0.15) is 19.3 Å². The Morgan fingerprint density at radius 3 is 2.30 bits per heavy atom. The summed E-state index contributed by atoms with van der Waals surface area (Å²) in [4.78, 5) is 24.8. The number of hydrogen-bond donors (Lipinski definition) is 5. The minimum Gasteiger partial charge on any atom is -0.355 e. The lowest BCUT2D eigenvalue weighted by Crippen LogP contribution is -2.38. The molecule has 7 N–H and O–H groups in total. The summed E-state index contributed by atoms with van der Waals surface area (Å²) in [6, 6.07) is 0. The zero-order chi connectivity index (χ0) is 17.5. The van der Waals surface area contributed by atoms with Gasteiger partial charge in [0.25, 0.3) is 0 Å². The zero-order valence-electron chi connectivity index (χ0n) is 13.8. The van der Waals surface area contributed by atoms with Gasteiger partial charge in [-0.05, 0) is 25.5 Å². The number of rotatable bonds is 14. The van der Waals surface area contributed by atoms with Gasteiger partial charge in [0.2, 0.25) is 11.8 Å².